The van der Waals surface area contributed by atoms with E-state index in [0.29, 0.717) is 16.9 Å². The Bertz CT molecular complexity index is 1140. The van der Waals surface area contributed by atoms with Gasteiger partial charge in [-0.25, -0.2) is 4.79 Å². The average molecular weight is 390 g/mol. The molecule has 3 rings (SSSR count). The van der Waals surface area contributed by atoms with Crippen molar-refractivity contribution >= 4 is 37.5 Å². The summed E-state index contributed by atoms with van der Waals surface area (Å²) < 4.78 is 36.6. The van der Waals surface area contributed by atoms with Crippen molar-refractivity contribution in [2.75, 3.05) is 7.11 Å². The van der Waals surface area contributed by atoms with Gasteiger partial charge < -0.3 is 9.30 Å². The minimum Gasteiger partial charge on any atom is -0.465 e. The van der Waals surface area contributed by atoms with E-state index >= 15 is 0 Å². The van der Waals surface area contributed by atoms with Crippen LogP contribution >= 0.6 is 11.3 Å². The number of sulfonamides is 1. The molecule has 0 aliphatic rings. The molecule has 1 aromatic heterocycles. The van der Waals surface area contributed by atoms with Crippen LogP contribution in [0.5, 0.6) is 0 Å². The predicted molar refractivity (Wildman–Crippen MR) is 101 cm³/mol. The molecule has 8 heteroatoms. The van der Waals surface area contributed by atoms with Crippen molar-refractivity contribution in [3.05, 3.63) is 58.4 Å². The number of ether oxygens (including phenoxy) is 1. The van der Waals surface area contributed by atoms with Crippen LogP contribution in [0.15, 0.2) is 51.8 Å². The topological polar surface area (TPSA) is 77.7 Å². The number of nitrogens with zero attached hydrogens (tertiary/aromatic N) is 2. The first-order valence-electron chi connectivity index (χ1n) is 7.95. The number of esters is 1. The number of aromatic nitrogens is 1. The summed E-state index contributed by atoms with van der Waals surface area (Å²) in [4.78, 5) is 12.2. The largest absolute Gasteiger partial charge is 0.465 e. The van der Waals surface area contributed by atoms with Gasteiger partial charge in [0.2, 0.25) is 4.80 Å². The zero-order valence-electron chi connectivity index (χ0n) is 14.6. The molecule has 0 fully saturated rings. The van der Waals surface area contributed by atoms with E-state index in [1.54, 1.807) is 42.5 Å². The molecule has 0 unspecified atom stereocenters. The molecular weight excluding hydrogens is 372 g/mol. The molecule has 0 aliphatic heterocycles. The number of aryl methyl sites for hydroxylation is 2. The van der Waals surface area contributed by atoms with Crippen molar-refractivity contribution in [1.82, 2.24) is 4.57 Å². The maximum Gasteiger partial charge on any atom is 0.337 e. The molecule has 0 saturated carbocycles. The highest BCUT2D eigenvalue weighted by Gasteiger charge is 2.15. The van der Waals surface area contributed by atoms with E-state index in [1.807, 2.05) is 18.4 Å². The normalized spacial score (nSPS) is 12.5. The van der Waals surface area contributed by atoms with E-state index in [-0.39, 0.29) is 4.90 Å². The highest BCUT2D eigenvalue weighted by Crippen LogP contribution is 2.21. The SMILES string of the molecule is CCn1c(=NS(=O)(=O)c2ccc(C)cc2)sc2cc(C(=O)OC)ccc21. The van der Waals surface area contributed by atoms with E-state index in [9.17, 15) is 13.2 Å². The molecule has 0 bridgehead atoms. The quantitative estimate of drug-likeness (QED) is 0.641. The number of methoxy groups -OCH3 is 1. The van der Waals surface area contributed by atoms with E-state index in [4.69, 9.17) is 4.74 Å². The monoisotopic (exact) mass is 390 g/mol. The minimum absolute atomic E-state index is 0.151. The molecule has 3 aromatic rings. The van der Waals surface area contributed by atoms with Crippen LogP contribution in [0.3, 0.4) is 0 Å². The summed E-state index contributed by atoms with van der Waals surface area (Å²) in [6.45, 7) is 4.36. The number of benzene rings is 2. The van der Waals surface area contributed by atoms with Crippen LogP contribution in [0.25, 0.3) is 10.2 Å². The predicted octanol–water partition coefficient (Wildman–Crippen LogP) is 3.11. The summed E-state index contributed by atoms with van der Waals surface area (Å²) >= 11 is 1.22. The van der Waals surface area contributed by atoms with Gasteiger partial charge in [0.1, 0.15) is 0 Å². The van der Waals surface area contributed by atoms with E-state index in [1.165, 1.54) is 18.4 Å². The number of hydrogen-bond donors (Lipinski definition) is 0. The summed E-state index contributed by atoms with van der Waals surface area (Å²) in [5, 5.41) is 0. The average Bonchev–Trinajstić information content (AvgIpc) is 2.96. The van der Waals surface area contributed by atoms with Gasteiger partial charge >= 0.3 is 5.97 Å². The molecule has 0 N–H and O–H groups in total. The Morgan fingerprint density at radius 3 is 2.50 bits per heavy atom. The number of carbonyl (C=O) groups excluding carboxylic acids is 1. The van der Waals surface area contributed by atoms with E-state index in [2.05, 4.69) is 4.40 Å². The summed E-state index contributed by atoms with van der Waals surface area (Å²) in [5.74, 6) is -0.436. The molecule has 0 atom stereocenters. The van der Waals surface area contributed by atoms with Crippen molar-refractivity contribution in [2.24, 2.45) is 4.40 Å². The van der Waals surface area contributed by atoms with E-state index < -0.39 is 16.0 Å². The first-order chi connectivity index (χ1) is 12.4. The third-order valence-corrected chi connectivity index (χ3v) is 6.38. The second-order valence-corrected chi connectivity index (χ2v) is 8.30. The fraction of sp³-hybridized carbons (Fsp3) is 0.222. The lowest BCUT2D eigenvalue weighted by Gasteiger charge is -2.02. The van der Waals surface area contributed by atoms with Crippen LogP contribution in [0.4, 0.5) is 0 Å². The molecule has 0 radical (unpaired) electrons. The number of rotatable bonds is 4. The lowest BCUT2D eigenvalue weighted by molar-refractivity contribution is 0.0601. The second-order valence-electron chi connectivity index (χ2n) is 5.68. The fourth-order valence-electron chi connectivity index (χ4n) is 2.56. The molecular formula is C18H18N2O4S2. The van der Waals surface area contributed by atoms with E-state index in [0.717, 1.165) is 15.8 Å². The second kappa shape index (κ2) is 7.05. The van der Waals surface area contributed by atoms with Gasteiger partial charge in [0.15, 0.2) is 0 Å². The summed E-state index contributed by atoms with van der Waals surface area (Å²) in [5.41, 5.74) is 2.21. The van der Waals surface area contributed by atoms with Gasteiger partial charge in [0.25, 0.3) is 10.0 Å². The number of fused-ring (bicyclic) bond motifs is 1. The highest BCUT2D eigenvalue weighted by molar-refractivity contribution is 7.90. The molecule has 0 saturated heterocycles. The Labute approximate surface area is 155 Å². The highest BCUT2D eigenvalue weighted by atomic mass is 32.2. The molecule has 136 valence electrons. The molecule has 0 amide bonds. The first-order valence-corrected chi connectivity index (χ1v) is 10.2. The Kier molecular flexibility index (Phi) is 4.97. The van der Waals surface area contributed by atoms with Gasteiger partial charge in [-0.15, -0.1) is 4.40 Å². The number of carbonyl (C=O) groups is 1. The zero-order valence-corrected chi connectivity index (χ0v) is 16.2. The lowest BCUT2D eigenvalue weighted by Crippen LogP contribution is -2.16. The molecule has 2 aromatic carbocycles. The lowest BCUT2D eigenvalue weighted by atomic mass is 10.2. The maximum atomic E-state index is 12.6. The van der Waals surface area contributed by atoms with Crippen LogP contribution in [0.2, 0.25) is 0 Å². The van der Waals surface area contributed by atoms with Crippen molar-refractivity contribution < 1.29 is 17.9 Å². The van der Waals surface area contributed by atoms with Crippen molar-refractivity contribution in [3.8, 4) is 0 Å². The summed E-state index contributed by atoms with van der Waals surface area (Å²) in [6.07, 6.45) is 0. The van der Waals surface area contributed by atoms with Gasteiger partial charge in [-0.3, -0.25) is 0 Å². The number of hydrogen-bond acceptors (Lipinski definition) is 5. The smallest absolute Gasteiger partial charge is 0.337 e. The minimum atomic E-state index is -3.82. The Morgan fingerprint density at radius 2 is 1.88 bits per heavy atom. The Morgan fingerprint density at radius 1 is 1.19 bits per heavy atom. The van der Waals surface area contributed by atoms with Crippen molar-refractivity contribution in [1.29, 1.82) is 0 Å². The van der Waals surface area contributed by atoms with Gasteiger partial charge in [-0.1, -0.05) is 29.0 Å². The van der Waals surface area contributed by atoms with Crippen LogP contribution in [0, 0.1) is 6.92 Å². The van der Waals surface area contributed by atoms with Crippen LogP contribution in [0.1, 0.15) is 22.8 Å². The standard InChI is InChI=1S/C18H18N2O4S2/c1-4-20-15-10-7-13(17(21)24-3)11-16(15)25-18(20)19-26(22,23)14-8-5-12(2)6-9-14/h5-11H,4H2,1-3H3. The van der Waals surface area contributed by atoms with Crippen LogP contribution < -0.4 is 4.80 Å². The molecule has 0 aliphatic carbocycles. The maximum absolute atomic E-state index is 12.6. The third kappa shape index (κ3) is 3.42. The van der Waals surface area contributed by atoms with Crippen LogP contribution in [-0.2, 0) is 21.3 Å². The zero-order chi connectivity index (χ0) is 18.9. The summed E-state index contributed by atoms with van der Waals surface area (Å²) in [6, 6.07) is 11.7. The van der Waals surface area contributed by atoms with Gasteiger partial charge in [-0.05, 0) is 44.2 Å². The molecule has 1 heterocycles. The Hall–Kier alpha value is -2.45. The molecule has 6 nitrogen and oxygen atoms in total. The Balaban J connectivity index is 2.18. The summed E-state index contributed by atoms with van der Waals surface area (Å²) in [7, 11) is -2.50. The van der Waals surface area contributed by atoms with Gasteiger partial charge in [0, 0.05) is 6.54 Å². The fourth-order valence-corrected chi connectivity index (χ4v) is 4.90. The number of thiazole rings is 1. The first kappa shape index (κ1) is 18.3. The van der Waals surface area contributed by atoms with Crippen molar-refractivity contribution in [2.45, 2.75) is 25.3 Å². The van der Waals surface area contributed by atoms with Crippen molar-refractivity contribution in [3.63, 3.8) is 0 Å². The van der Waals surface area contributed by atoms with Crippen LogP contribution in [-0.4, -0.2) is 26.1 Å². The molecule has 26 heavy (non-hydrogen) atoms. The third-order valence-electron chi connectivity index (χ3n) is 3.94. The van der Waals surface area contributed by atoms with Gasteiger partial charge in [-0.2, -0.15) is 8.42 Å². The van der Waals surface area contributed by atoms with Gasteiger partial charge in [0.05, 0.1) is 27.8 Å². The molecule has 0 spiro atoms.